The number of nitrogens with zero attached hydrogens (tertiary/aromatic N) is 6. The number of hydrogen-bond donors (Lipinski definition) is 6. The van der Waals surface area contributed by atoms with Crippen LogP contribution in [0.15, 0.2) is 49.1 Å². The van der Waals surface area contributed by atoms with Crippen LogP contribution in [0.2, 0.25) is 5.15 Å². The van der Waals surface area contributed by atoms with E-state index in [1.807, 2.05) is 4.90 Å². The average molecular weight is 1050 g/mol. The number of amides is 4. The molecule has 2 aliphatic heterocycles. The molecule has 0 spiro atoms. The van der Waals surface area contributed by atoms with E-state index in [0.717, 1.165) is 56.4 Å². The SMILES string of the molecule is CC(=O)N[C@@H]1C[C@H](NC(C)(C)C)CC[C@@H]1N1CC[C@H](N)C1=O.CC(=O)N[C@@H]1C[C@H](NC(C)(C)C)CC[C@@H]1N1CC[C@H](Nc2ncnc3ccc(C(F)(F)F)cc23)C1=O.FC(F)(F)c1ccc2ncnc(Cl)c2c1. The van der Waals surface area contributed by atoms with Crippen LogP contribution in [0.25, 0.3) is 21.8 Å². The van der Waals surface area contributed by atoms with Crippen molar-refractivity contribution in [2.45, 2.75) is 179 Å². The number of carbonyl (C=O) groups excluding carboxylic acids is 4. The van der Waals surface area contributed by atoms with Crippen molar-refractivity contribution < 1.29 is 45.5 Å². The molecule has 4 aromatic rings. The van der Waals surface area contributed by atoms with E-state index < -0.39 is 29.5 Å². The standard InChI is InChI=1S/C25H33F3N6O2.C16H30N4O2.C9H4ClF3N2/c1-14(35)31-20-12-16(33-24(2,3)4)6-8-21(20)34-10-9-19(23(34)36)32-22-17-11-15(25(26,27)28)5-7-18(17)29-13-30-22;1-10(21)18-13-9-11(19-16(2,3)4)5-6-14(13)20-8-7-12(17)15(20)22;10-8-6-3-5(9(11,12)13)1-2-7(6)14-4-15-8/h5,7,11,13,16,19-21,33H,6,8-10,12H2,1-4H3,(H,31,35)(H,29,30,32);11-14,19H,5-9,17H2,1-4H3,(H,18,21);1-4H/t16-,19+,20-,21+;11-,12+,13-,14+;/m11./s1. The molecule has 2 aromatic heterocycles. The zero-order chi connectivity index (χ0) is 53.8. The molecule has 2 saturated carbocycles. The molecule has 2 saturated heterocycles. The first-order valence-corrected chi connectivity index (χ1v) is 24.9. The Balaban J connectivity index is 0.000000198. The molecule has 0 radical (unpaired) electrons. The number of hydrogen-bond acceptors (Lipinski definition) is 12. The fraction of sp³-hybridized carbons (Fsp3) is 0.600. The van der Waals surface area contributed by atoms with Crippen LogP contribution in [0, 0.1) is 0 Å². The summed E-state index contributed by atoms with van der Waals surface area (Å²) in [6.45, 7) is 17.0. The van der Waals surface area contributed by atoms with Gasteiger partial charge in [-0.15, -0.1) is 0 Å². The van der Waals surface area contributed by atoms with E-state index in [1.165, 1.54) is 38.6 Å². The summed E-state index contributed by atoms with van der Waals surface area (Å²) in [7, 11) is 0. The Morgan fingerprint density at radius 1 is 0.630 bits per heavy atom. The first kappa shape index (κ1) is 56.8. The van der Waals surface area contributed by atoms with Gasteiger partial charge in [0, 0.05) is 60.9 Å². The minimum Gasteiger partial charge on any atom is -0.358 e. The highest BCUT2D eigenvalue weighted by Crippen LogP contribution is 2.36. The van der Waals surface area contributed by atoms with Gasteiger partial charge in [0.25, 0.3) is 0 Å². The third-order valence-electron chi connectivity index (χ3n) is 13.2. The Kier molecular flexibility index (Phi) is 17.9. The Hall–Kier alpha value is -5.45. The number of benzene rings is 2. The number of likely N-dealkylation sites (tertiary alicyclic amines) is 2. The fourth-order valence-corrected chi connectivity index (χ4v) is 10.5. The summed E-state index contributed by atoms with van der Waals surface area (Å²) in [4.78, 5) is 68.4. The molecule has 8 rings (SSSR count). The molecule has 4 heterocycles. The highest BCUT2D eigenvalue weighted by atomic mass is 35.5. The molecule has 16 nitrogen and oxygen atoms in total. The van der Waals surface area contributed by atoms with Gasteiger partial charge in [-0.3, -0.25) is 19.2 Å². The van der Waals surface area contributed by atoms with Gasteiger partial charge in [0.05, 0.1) is 52.4 Å². The number of nitrogens with one attached hydrogen (secondary N) is 5. The van der Waals surface area contributed by atoms with Gasteiger partial charge < -0.3 is 42.1 Å². The van der Waals surface area contributed by atoms with E-state index in [9.17, 15) is 45.5 Å². The van der Waals surface area contributed by atoms with Gasteiger partial charge in [0.15, 0.2) is 0 Å². The zero-order valence-electron chi connectivity index (χ0n) is 42.3. The van der Waals surface area contributed by atoms with Crippen LogP contribution in [0.5, 0.6) is 0 Å². The van der Waals surface area contributed by atoms with Crippen molar-refractivity contribution in [2.75, 3.05) is 18.4 Å². The van der Waals surface area contributed by atoms with Gasteiger partial charge in [-0.05, 0) is 129 Å². The van der Waals surface area contributed by atoms with E-state index in [2.05, 4.69) is 88.1 Å². The lowest BCUT2D eigenvalue weighted by molar-refractivity contribution is -0.138. The lowest BCUT2D eigenvalue weighted by Gasteiger charge is -2.43. The number of anilines is 1. The van der Waals surface area contributed by atoms with E-state index in [4.69, 9.17) is 17.3 Å². The summed E-state index contributed by atoms with van der Waals surface area (Å²) in [5, 5.41) is 16.8. The monoisotopic (exact) mass is 1050 g/mol. The molecule has 4 aliphatic rings. The van der Waals surface area contributed by atoms with Gasteiger partial charge in [0.2, 0.25) is 23.6 Å². The average Bonchev–Trinajstić information content (AvgIpc) is 3.80. The van der Waals surface area contributed by atoms with Crippen LogP contribution in [-0.4, -0.2) is 126 Å². The van der Waals surface area contributed by atoms with Crippen LogP contribution >= 0.6 is 11.6 Å². The Bertz CT molecular complexity index is 2610. The molecule has 0 bridgehead atoms. The smallest absolute Gasteiger partial charge is 0.358 e. The van der Waals surface area contributed by atoms with Crippen molar-refractivity contribution in [1.82, 2.24) is 51.0 Å². The maximum Gasteiger partial charge on any atom is 0.416 e. The van der Waals surface area contributed by atoms with Crippen molar-refractivity contribution in [3.05, 3.63) is 65.3 Å². The summed E-state index contributed by atoms with van der Waals surface area (Å²) in [6.07, 6.45) is -0.131. The molecule has 73 heavy (non-hydrogen) atoms. The van der Waals surface area contributed by atoms with Crippen LogP contribution in [0.3, 0.4) is 0 Å². The number of carbonyl (C=O) groups is 4. The molecule has 2 aromatic carbocycles. The summed E-state index contributed by atoms with van der Waals surface area (Å²) >= 11 is 5.66. The first-order valence-electron chi connectivity index (χ1n) is 24.5. The second-order valence-electron chi connectivity index (χ2n) is 21.3. The molecular formula is C50H67ClF6N12O4. The van der Waals surface area contributed by atoms with Crippen molar-refractivity contribution in [3.63, 3.8) is 0 Å². The molecule has 4 fully saturated rings. The van der Waals surface area contributed by atoms with E-state index in [1.54, 1.807) is 4.90 Å². The van der Waals surface area contributed by atoms with Gasteiger partial charge in [0.1, 0.15) is 29.7 Å². The maximum atomic E-state index is 13.4. The number of rotatable bonds is 8. The van der Waals surface area contributed by atoms with Crippen LogP contribution < -0.4 is 32.3 Å². The molecule has 2 aliphatic carbocycles. The quantitative estimate of drug-likeness (QED) is 0.0769. The lowest BCUT2D eigenvalue weighted by Crippen LogP contribution is -2.59. The first-order chi connectivity index (χ1) is 34.0. The predicted octanol–water partition coefficient (Wildman–Crippen LogP) is 7.14. The van der Waals surface area contributed by atoms with Gasteiger partial charge in [-0.25, -0.2) is 19.9 Å². The topological polar surface area (TPSA) is 212 Å². The van der Waals surface area contributed by atoms with Crippen molar-refractivity contribution in [3.8, 4) is 0 Å². The van der Waals surface area contributed by atoms with Crippen LogP contribution in [0.1, 0.15) is 118 Å². The van der Waals surface area contributed by atoms with Crippen LogP contribution in [-0.2, 0) is 31.5 Å². The predicted molar refractivity (Wildman–Crippen MR) is 266 cm³/mol. The molecule has 23 heteroatoms. The summed E-state index contributed by atoms with van der Waals surface area (Å²) in [5.74, 6) is -0.0975. The van der Waals surface area contributed by atoms with Gasteiger partial charge in [-0.2, -0.15) is 26.3 Å². The second-order valence-corrected chi connectivity index (χ2v) is 21.7. The van der Waals surface area contributed by atoms with E-state index in [0.29, 0.717) is 49.4 Å². The van der Waals surface area contributed by atoms with Gasteiger partial charge in [-0.1, -0.05) is 11.6 Å². The van der Waals surface area contributed by atoms with Crippen molar-refractivity contribution >= 4 is 62.9 Å². The Labute approximate surface area is 426 Å². The Morgan fingerprint density at radius 2 is 1.08 bits per heavy atom. The zero-order valence-corrected chi connectivity index (χ0v) is 43.1. The number of halogens is 7. The second kappa shape index (κ2) is 23.0. The molecule has 0 unspecified atom stereocenters. The van der Waals surface area contributed by atoms with Crippen molar-refractivity contribution in [2.24, 2.45) is 5.73 Å². The summed E-state index contributed by atoms with van der Waals surface area (Å²) in [5.41, 5.74) is 5.01. The van der Waals surface area contributed by atoms with E-state index >= 15 is 0 Å². The Morgan fingerprint density at radius 3 is 1.53 bits per heavy atom. The molecule has 400 valence electrons. The highest BCUT2D eigenvalue weighted by Gasteiger charge is 2.44. The lowest BCUT2D eigenvalue weighted by atomic mass is 9.84. The molecule has 7 N–H and O–H groups in total. The molecule has 8 atom stereocenters. The minimum atomic E-state index is -4.50. The fourth-order valence-electron chi connectivity index (χ4n) is 10.3. The molecular weight excluding hydrogens is 982 g/mol. The van der Waals surface area contributed by atoms with E-state index in [-0.39, 0.29) is 92.7 Å². The third kappa shape index (κ3) is 15.3. The maximum absolute atomic E-state index is 13.4. The van der Waals surface area contributed by atoms with Gasteiger partial charge >= 0.3 is 12.4 Å². The van der Waals surface area contributed by atoms with Crippen LogP contribution in [0.4, 0.5) is 32.2 Å². The number of alkyl halides is 6. The largest absolute Gasteiger partial charge is 0.416 e. The minimum absolute atomic E-state index is 0.000324. The van der Waals surface area contributed by atoms with Crippen molar-refractivity contribution in [1.29, 1.82) is 0 Å². The normalized spacial score (nSPS) is 24.9. The highest BCUT2D eigenvalue weighted by molar-refractivity contribution is 6.34. The summed E-state index contributed by atoms with van der Waals surface area (Å²) in [6, 6.07) is 5.79. The third-order valence-corrected chi connectivity index (χ3v) is 13.5. The number of aromatic nitrogens is 4. The number of nitrogens with two attached hydrogens (primary N) is 1. The summed E-state index contributed by atoms with van der Waals surface area (Å²) < 4.78 is 76.9. The molecule has 4 amide bonds. The number of fused-ring (bicyclic) bond motifs is 2.